The molecule has 0 amide bonds. The Morgan fingerprint density at radius 2 is 2.30 bits per heavy atom. The fraction of sp³-hybridized carbons (Fsp3) is 0.467. The van der Waals surface area contributed by atoms with Crippen molar-refractivity contribution in [3.8, 4) is 0 Å². The van der Waals surface area contributed by atoms with E-state index in [1.165, 1.54) is 5.56 Å². The van der Waals surface area contributed by atoms with E-state index >= 15 is 0 Å². The molecule has 0 bridgehead atoms. The van der Waals surface area contributed by atoms with Crippen molar-refractivity contribution in [3.63, 3.8) is 0 Å². The van der Waals surface area contributed by atoms with Crippen LogP contribution in [-0.4, -0.2) is 28.0 Å². The molecule has 0 unspecified atom stereocenters. The molecule has 0 spiro atoms. The van der Waals surface area contributed by atoms with Crippen molar-refractivity contribution in [1.29, 1.82) is 0 Å². The molecule has 2 aromatic heterocycles. The molecule has 3 rings (SSSR count). The summed E-state index contributed by atoms with van der Waals surface area (Å²) in [6.45, 7) is 6.13. The zero-order valence-corrected chi connectivity index (χ0v) is 12.6. The van der Waals surface area contributed by atoms with Gasteiger partial charge in [-0.25, -0.2) is 4.98 Å². The van der Waals surface area contributed by atoms with Crippen LogP contribution in [0.1, 0.15) is 29.5 Å². The SMILES string of the molecule is CCCNc1cnc(CN2CCc3sccc3C2)cn1. The quantitative estimate of drug-likeness (QED) is 0.918. The third kappa shape index (κ3) is 3.16. The van der Waals surface area contributed by atoms with Gasteiger partial charge in [0.25, 0.3) is 0 Å². The highest BCUT2D eigenvalue weighted by atomic mass is 32.1. The van der Waals surface area contributed by atoms with Crippen LogP contribution in [0, 0.1) is 0 Å². The topological polar surface area (TPSA) is 41.1 Å². The molecular formula is C15H20N4S. The Morgan fingerprint density at radius 1 is 1.35 bits per heavy atom. The molecule has 4 nitrogen and oxygen atoms in total. The van der Waals surface area contributed by atoms with E-state index in [1.807, 2.05) is 23.7 Å². The Labute approximate surface area is 123 Å². The van der Waals surface area contributed by atoms with Crippen molar-refractivity contribution in [2.45, 2.75) is 32.9 Å². The molecule has 0 radical (unpaired) electrons. The Balaban J connectivity index is 1.58. The molecule has 106 valence electrons. The molecule has 1 N–H and O–H groups in total. The molecule has 0 saturated carbocycles. The van der Waals surface area contributed by atoms with Crippen LogP contribution in [0.3, 0.4) is 0 Å². The fourth-order valence-corrected chi connectivity index (χ4v) is 3.34. The number of hydrogen-bond acceptors (Lipinski definition) is 5. The van der Waals surface area contributed by atoms with Gasteiger partial charge in [0.05, 0.1) is 18.1 Å². The molecule has 0 fully saturated rings. The molecule has 5 heteroatoms. The van der Waals surface area contributed by atoms with Gasteiger partial charge in [-0.3, -0.25) is 9.88 Å². The zero-order valence-electron chi connectivity index (χ0n) is 11.8. The summed E-state index contributed by atoms with van der Waals surface area (Å²) in [5.41, 5.74) is 2.53. The van der Waals surface area contributed by atoms with Crippen LogP contribution in [0.5, 0.6) is 0 Å². The number of hydrogen-bond donors (Lipinski definition) is 1. The van der Waals surface area contributed by atoms with Crippen molar-refractivity contribution in [2.75, 3.05) is 18.4 Å². The average molecular weight is 288 g/mol. The van der Waals surface area contributed by atoms with E-state index in [-0.39, 0.29) is 0 Å². The number of nitrogens with zero attached hydrogens (tertiary/aromatic N) is 3. The Bertz CT molecular complexity index is 549. The van der Waals surface area contributed by atoms with Crippen molar-refractivity contribution >= 4 is 17.2 Å². The number of aromatic nitrogens is 2. The fourth-order valence-electron chi connectivity index (χ4n) is 2.45. The van der Waals surface area contributed by atoms with Crippen molar-refractivity contribution in [3.05, 3.63) is 40.0 Å². The van der Waals surface area contributed by atoms with E-state index in [2.05, 4.69) is 38.6 Å². The third-order valence-electron chi connectivity index (χ3n) is 3.53. The van der Waals surface area contributed by atoms with Gasteiger partial charge < -0.3 is 5.32 Å². The largest absolute Gasteiger partial charge is 0.369 e. The van der Waals surface area contributed by atoms with Crippen LogP contribution in [0.25, 0.3) is 0 Å². The zero-order chi connectivity index (χ0) is 13.8. The van der Waals surface area contributed by atoms with Crippen molar-refractivity contribution in [1.82, 2.24) is 14.9 Å². The van der Waals surface area contributed by atoms with Gasteiger partial charge in [-0.2, -0.15) is 0 Å². The minimum atomic E-state index is 0.870. The van der Waals surface area contributed by atoms with Gasteiger partial charge in [0.2, 0.25) is 0 Å². The first kappa shape index (κ1) is 13.5. The highest BCUT2D eigenvalue weighted by Crippen LogP contribution is 2.24. The van der Waals surface area contributed by atoms with Crippen LogP contribution >= 0.6 is 11.3 Å². The molecule has 1 aliphatic rings. The van der Waals surface area contributed by atoms with Crippen LogP contribution < -0.4 is 5.32 Å². The minimum absolute atomic E-state index is 0.870. The molecule has 1 aliphatic heterocycles. The minimum Gasteiger partial charge on any atom is -0.369 e. The summed E-state index contributed by atoms with van der Waals surface area (Å²) in [4.78, 5) is 12.9. The molecular weight excluding hydrogens is 268 g/mol. The second kappa shape index (κ2) is 6.33. The van der Waals surface area contributed by atoms with Gasteiger partial charge in [-0.05, 0) is 29.9 Å². The summed E-state index contributed by atoms with van der Waals surface area (Å²) in [6, 6.07) is 2.25. The van der Waals surface area contributed by atoms with E-state index < -0.39 is 0 Å². The van der Waals surface area contributed by atoms with E-state index in [9.17, 15) is 0 Å². The van der Waals surface area contributed by atoms with Crippen molar-refractivity contribution in [2.24, 2.45) is 0 Å². The maximum Gasteiger partial charge on any atom is 0.144 e. The summed E-state index contributed by atoms with van der Waals surface area (Å²) in [5.74, 6) is 0.870. The first-order valence-corrected chi connectivity index (χ1v) is 8.05. The monoisotopic (exact) mass is 288 g/mol. The standard InChI is InChI=1S/C15H20N4S/c1-2-5-16-15-9-17-13(8-18-15)11-19-6-3-14-12(10-19)4-7-20-14/h4,7-9H,2-3,5-6,10-11H2,1H3,(H,16,18). The average Bonchev–Trinajstić information content (AvgIpc) is 2.94. The molecule has 2 aromatic rings. The second-order valence-corrected chi connectivity index (χ2v) is 6.15. The molecule has 0 aliphatic carbocycles. The Hall–Kier alpha value is -1.46. The third-order valence-corrected chi connectivity index (χ3v) is 4.56. The Morgan fingerprint density at radius 3 is 3.10 bits per heavy atom. The Kier molecular flexibility index (Phi) is 4.28. The number of nitrogens with one attached hydrogen (secondary N) is 1. The van der Waals surface area contributed by atoms with Crippen LogP contribution in [0.2, 0.25) is 0 Å². The van der Waals surface area contributed by atoms with E-state index in [0.717, 1.165) is 50.5 Å². The lowest BCUT2D eigenvalue weighted by Gasteiger charge is -2.26. The first-order chi connectivity index (χ1) is 9.85. The lowest BCUT2D eigenvalue weighted by Crippen LogP contribution is -2.29. The van der Waals surface area contributed by atoms with E-state index in [0.29, 0.717) is 0 Å². The molecule has 0 aromatic carbocycles. The number of fused-ring (bicyclic) bond motifs is 1. The van der Waals surface area contributed by atoms with Crippen LogP contribution in [0.4, 0.5) is 5.82 Å². The summed E-state index contributed by atoms with van der Waals surface area (Å²) < 4.78 is 0. The lowest BCUT2D eigenvalue weighted by atomic mass is 10.1. The van der Waals surface area contributed by atoms with Gasteiger partial charge >= 0.3 is 0 Å². The van der Waals surface area contributed by atoms with E-state index in [4.69, 9.17) is 0 Å². The van der Waals surface area contributed by atoms with Crippen LogP contribution in [0.15, 0.2) is 23.8 Å². The summed E-state index contributed by atoms with van der Waals surface area (Å²) in [6.07, 6.45) is 5.99. The summed E-state index contributed by atoms with van der Waals surface area (Å²) in [5, 5.41) is 5.45. The smallest absolute Gasteiger partial charge is 0.144 e. The molecule has 0 saturated heterocycles. The lowest BCUT2D eigenvalue weighted by molar-refractivity contribution is 0.244. The second-order valence-electron chi connectivity index (χ2n) is 5.15. The van der Waals surface area contributed by atoms with Gasteiger partial charge in [0.15, 0.2) is 0 Å². The van der Waals surface area contributed by atoms with Gasteiger partial charge in [-0.1, -0.05) is 6.92 Å². The maximum atomic E-state index is 4.51. The molecule has 20 heavy (non-hydrogen) atoms. The highest BCUT2D eigenvalue weighted by molar-refractivity contribution is 7.10. The predicted molar refractivity (Wildman–Crippen MR) is 82.9 cm³/mol. The molecule has 0 atom stereocenters. The summed E-state index contributed by atoms with van der Waals surface area (Å²) >= 11 is 1.88. The van der Waals surface area contributed by atoms with Crippen LogP contribution in [-0.2, 0) is 19.5 Å². The predicted octanol–water partition coefficient (Wildman–Crippen LogP) is 2.92. The van der Waals surface area contributed by atoms with Gasteiger partial charge in [0.1, 0.15) is 5.82 Å². The number of thiophene rings is 1. The number of rotatable bonds is 5. The van der Waals surface area contributed by atoms with E-state index in [1.54, 1.807) is 4.88 Å². The van der Waals surface area contributed by atoms with Gasteiger partial charge in [-0.15, -0.1) is 11.3 Å². The summed E-state index contributed by atoms with van der Waals surface area (Å²) in [7, 11) is 0. The highest BCUT2D eigenvalue weighted by Gasteiger charge is 2.17. The normalized spacial score (nSPS) is 15.1. The molecule has 3 heterocycles. The maximum absolute atomic E-state index is 4.51. The number of anilines is 1. The van der Waals surface area contributed by atoms with Crippen molar-refractivity contribution < 1.29 is 0 Å². The first-order valence-electron chi connectivity index (χ1n) is 7.17. The van der Waals surface area contributed by atoms with Gasteiger partial charge in [0, 0.05) is 31.1 Å².